The molecule has 2 unspecified atom stereocenters. The van der Waals surface area contributed by atoms with E-state index in [-0.39, 0.29) is 30.3 Å². The fourth-order valence-electron chi connectivity index (χ4n) is 3.59. The zero-order chi connectivity index (χ0) is 21.5. The van der Waals surface area contributed by atoms with Gasteiger partial charge < -0.3 is 14.8 Å². The monoisotopic (exact) mass is 431 g/mol. The third-order valence-electron chi connectivity index (χ3n) is 4.90. The van der Waals surface area contributed by atoms with Crippen molar-refractivity contribution in [2.45, 2.75) is 51.9 Å². The number of ketones is 1. The highest BCUT2D eigenvalue weighted by Gasteiger charge is 2.22. The molecule has 2 atom stereocenters. The number of thiazole rings is 1. The van der Waals surface area contributed by atoms with Crippen LogP contribution in [-0.2, 0) is 16.1 Å². The number of carbonyl (C=O) groups excluding carboxylic acids is 2. The van der Waals surface area contributed by atoms with E-state index in [1.807, 2.05) is 5.38 Å². The lowest BCUT2D eigenvalue weighted by molar-refractivity contribution is -0.116. The van der Waals surface area contributed by atoms with Crippen molar-refractivity contribution in [3.8, 4) is 5.75 Å². The average Bonchev–Trinajstić information content (AvgIpc) is 3.13. The van der Waals surface area contributed by atoms with Crippen LogP contribution in [0.25, 0.3) is 0 Å². The number of ether oxygens (including phenoxy) is 2. The maximum atomic E-state index is 12.2. The van der Waals surface area contributed by atoms with Gasteiger partial charge in [0, 0.05) is 43.4 Å². The molecule has 3 rings (SSSR count). The molecule has 0 radical (unpaired) electrons. The Labute approximate surface area is 181 Å². The summed E-state index contributed by atoms with van der Waals surface area (Å²) in [5, 5.41) is 5.43. The van der Waals surface area contributed by atoms with Crippen LogP contribution in [0, 0.1) is 0 Å². The van der Waals surface area contributed by atoms with Crippen molar-refractivity contribution < 1.29 is 19.1 Å². The van der Waals surface area contributed by atoms with Gasteiger partial charge in [-0.1, -0.05) is 0 Å². The van der Waals surface area contributed by atoms with E-state index >= 15 is 0 Å². The minimum absolute atomic E-state index is 0.0240. The highest BCUT2D eigenvalue weighted by atomic mass is 32.1. The number of hydrogen-bond acceptors (Lipinski definition) is 7. The number of nitrogens with one attached hydrogen (secondary N) is 1. The summed E-state index contributed by atoms with van der Waals surface area (Å²) in [6.45, 7) is 6.67. The second-order valence-electron chi connectivity index (χ2n) is 7.65. The predicted molar refractivity (Wildman–Crippen MR) is 117 cm³/mol. The van der Waals surface area contributed by atoms with Gasteiger partial charge in [0.25, 0.3) is 0 Å². The van der Waals surface area contributed by atoms with Gasteiger partial charge in [0.2, 0.25) is 5.91 Å². The number of hydrogen-bond donors (Lipinski definition) is 1. The molecule has 2 aromatic rings. The standard InChI is InChI=1S/C22H29N3O4S/c1-15-11-25(12-16(2)29-15)13-18-14-30-22(23-18)24-21(27)6-4-5-20(26)17-7-9-19(28-3)10-8-17/h7-10,14-16H,4-6,11-13H2,1-3H3,(H,23,24,27). The lowest BCUT2D eigenvalue weighted by Crippen LogP contribution is -2.44. The Bertz CT molecular complexity index is 842. The van der Waals surface area contributed by atoms with Gasteiger partial charge >= 0.3 is 0 Å². The summed E-state index contributed by atoms with van der Waals surface area (Å²) in [4.78, 5) is 31.3. The number of morpholine rings is 1. The van der Waals surface area contributed by atoms with Crippen molar-refractivity contribution in [1.29, 1.82) is 0 Å². The Kier molecular flexibility index (Phi) is 7.95. The Balaban J connectivity index is 1.40. The molecule has 0 aliphatic carbocycles. The summed E-state index contributed by atoms with van der Waals surface area (Å²) < 4.78 is 10.9. The molecule has 7 nitrogen and oxygen atoms in total. The van der Waals surface area contributed by atoms with Crippen LogP contribution in [0.3, 0.4) is 0 Å². The lowest BCUT2D eigenvalue weighted by atomic mass is 10.1. The van der Waals surface area contributed by atoms with Crippen LogP contribution in [0.15, 0.2) is 29.6 Å². The Morgan fingerprint density at radius 1 is 1.20 bits per heavy atom. The number of rotatable bonds is 9. The summed E-state index contributed by atoms with van der Waals surface area (Å²) >= 11 is 1.43. The first kappa shape index (κ1) is 22.4. The van der Waals surface area contributed by atoms with Crippen LogP contribution in [0.1, 0.15) is 49.2 Å². The fourth-order valence-corrected chi connectivity index (χ4v) is 4.31. The third-order valence-corrected chi connectivity index (χ3v) is 5.71. The molecule has 162 valence electrons. The highest BCUT2D eigenvalue weighted by Crippen LogP contribution is 2.20. The minimum Gasteiger partial charge on any atom is -0.497 e. The van der Waals surface area contributed by atoms with Crippen LogP contribution in [0.4, 0.5) is 5.13 Å². The molecule has 1 N–H and O–H groups in total. The first-order valence-electron chi connectivity index (χ1n) is 10.2. The number of benzene rings is 1. The number of aromatic nitrogens is 1. The van der Waals surface area contributed by atoms with Gasteiger partial charge in [0.15, 0.2) is 10.9 Å². The SMILES string of the molecule is COc1ccc(C(=O)CCCC(=O)Nc2nc(CN3CC(C)OC(C)C3)cs2)cc1. The molecule has 1 aromatic carbocycles. The summed E-state index contributed by atoms with van der Waals surface area (Å²) in [5.41, 5.74) is 1.58. The normalized spacial score (nSPS) is 19.4. The average molecular weight is 432 g/mol. The van der Waals surface area contributed by atoms with Crippen LogP contribution in [0.2, 0.25) is 0 Å². The molecule has 0 bridgehead atoms. The Morgan fingerprint density at radius 2 is 1.90 bits per heavy atom. The molecular weight excluding hydrogens is 402 g/mol. The van der Waals surface area contributed by atoms with E-state index in [1.54, 1.807) is 31.4 Å². The summed E-state index contributed by atoms with van der Waals surface area (Å²) in [5.74, 6) is 0.620. The fraction of sp³-hybridized carbons (Fsp3) is 0.500. The predicted octanol–water partition coefficient (Wildman–Crippen LogP) is 3.75. The molecule has 8 heteroatoms. The Morgan fingerprint density at radius 3 is 2.57 bits per heavy atom. The maximum Gasteiger partial charge on any atom is 0.226 e. The van der Waals surface area contributed by atoms with Crippen molar-refractivity contribution in [2.24, 2.45) is 0 Å². The molecule has 1 amide bonds. The molecule has 2 heterocycles. The molecule has 30 heavy (non-hydrogen) atoms. The van der Waals surface area contributed by atoms with Crippen LogP contribution in [-0.4, -0.2) is 54.0 Å². The molecule has 1 aliphatic heterocycles. The number of Topliss-reactive ketones (excluding diaryl/α,β-unsaturated/α-hetero) is 1. The van der Waals surface area contributed by atoms with Crippen molar-refractivity contribution in [3.05, 3.63) is 40.9 Å². The van der Waals surface area contributed by atoms with Gasteiger partial charge in [0.1, 0.15) is 5.75 Å². The van der Waals surface area contributed by atoms with Gasteiger partial charge in [-0.2, -0.15) is 0 Å². The Hall–Kier alpha value is -2.29. The molecule has 1 aliphatic rings. The van der Waals surface area contributed by atoms with E-state index < -0.39 is 0 Å². The zero-order valence-electron chi connectivity index (χ0n) is 17.7. The number of nitrogens with zero attached hydrogens (tertiary/aromatic N) is 2. The number of anilines is 1. The van der Waals surface area contributed by atoms with Crippen molar-refractivity contribution in [3.63, 3.8) is 0 Å². The zero-order valence-corrected chi connectivity index (χ0v) is 18.5. The van der Waals surface area contributed by atoms with Gasteiger partial charge in [-0.25, -0.2) is 4.98 Å². The third kappa shape index (κ3) is 6.62. The first-order valence-corrected chi connectivity index (χ1v) is 11.1. The minimum atomic E-state index is -0.118. The smallest absolute Gasteiger partial charge is 0.226 e. The topological polar surface area (TPSA) is 80.8 Å². The lowest BCUT2D eigenvalue weighted by Gasteiger charge is -2.34. The van der Waals surface area contributed by atoms with Gasteiger partial charge in [-0.3, -0.25) is 14.5 Å². The summed E-state index contributed by atoms with van der Waals surface area (Å²) in [6.07, 6.45) is 1.55. The van der Waals surface area contributed by atoms with E-state index in [0.717, 1.165) is 25.3 Å². The number of amides is 1. The molecule has 0 spiro atoms. The molecule has 0 saturated carbocycles. The van der Waals surface area contributed by atoms with Gasteiger partial charge in [-0.15, -0.1) is 11.3 Å². The van der Waals surface area contributed by atoms with E-state index in [1.165, 1.54) is 11.3 Å². The van der Waals surface area contributed by atoms with E-state index in [9.17, 15) is 9.59 Å². The summed E-state index contributed by atoms with van der Waals surface area (Å²) in [6, 6.07) is 7.01. The van der Waals surface area contributed by atoms with E-state index in [4.69, 9.17) is 9.47 Å². The van der Waals surface area contributed by atoms with Crippen molar-refractivity contribution >= 4 is 28.2 Å². The van der Waals surface area contributed by atoms with E-state index in [2.05, 4.69) is 29.0 Å². The molecule has 1 saturated heterocycles. The quantitative estimate of drug-likeness (QED) is 0.609. The second-order valence-corrected chi connectivity index (χ2v) is 8.51. The molecule has 1 aromatic heterocycles. The van der Waals surface area contributed by atoms with Crippen LogP contribution < -0.4 is 10.1 Å². The largest absolute Gasteiger partial charge is 0.497 e. The van der Waals surface area contributed by atoms with Crippen molar-refractivity contribution in [1.82, 2.24) is 9.88 Å². The van der Waals surface area contributed by atoms with E-state index in [0.29, 0.717) is 29.3 Å². The highest BCUT2D eigenvalue weighted by molar-refractivity contribution is 7.13. The number of carbonyl (C=O) groups is 2. The van der Waals surface area contributed by atoms with Crippen LogP contribution in [0.5, 0.6) is 5.75 Å². The maximum absolute atomic E-state index is 12.2. The van der Waals surface area contributed by atoms with Gasteiger partial charge in [-0.05, 0) is 44.5 Å². The van der Waals surface area contributed by atoms with Gasteiger partial charge in [0.05, 0.1) is 25.0 Å². The second kappa shape index (κ2) is 10.7. The van der Waals surface area contributed by atoms with Crippen LogP contribution >= 0.6 is 11.3 Å². The number of methoxy groups -OCH3 is 1. The summed E-state index contributed by atoms with van der Waals surface area (Å²) in [7, 11) is 1.59. The van der Waals surface area contributed by atoms with Crippen molar-refractivity contribution in [2.75, 3.05) is 25.5 Å². The molecular formula is C22H29N3O4S. The first-order chi connectivity index (χ1) is 14.4. The molecule has 1 fully saturated rings.